The first-order chi connectivity index (χ1) is 21.1. The molecular formula is C31H32F2N8O3. The number of alkyl halides is 2. The van der Waals surface area contributed by atoms with Crippen LogP contribution < -0.4 is 14.8 Å². The van der Waals surface area contributed by atoms with Crippen molar-refractivity contribution in [1.29, 1.82) is 0 Å². The van der Waals surface area contributed by atoms with Crippen molar-refractivity contribution in [2.75, 3.05) is 39.5 Å². The van der Waals surface area contributed by atoms with E-state index in [2.05, 4.69) is 36.9 Å². The minimum atomic E-state index is -3.08. The third-order valence-corrected chi connectivity index (χ3v) is 6.77. The molecule has 11 nitrogen and oxygen atoms in total. The summed E-state index contributed by atoms with van der Waals surface area (Å²) < 4.78 is 40.7. The second kappa shape index (κ2) is 12.9. The molecule has 3 aromatic heterocycles. The molecule has 2 aromatic carbocycles. The molecule has 0 aliphatic heterocycles. The maximum Gasteiger partial charge on any atom is 0.387 e. The van der Waals surface area contributed by atoms with E-state index in [1.54, 1.807) is 37.8 Å². The molecule has 0 aliphatic rings. The summed E-state index contributed by atoms with van der Waals surface area (Å²) in [6, 6.07) is 13.6. The zero-order valence-corrected chi connectivity index (χ0v) is 24.7. The second-order valence-electron chi connectivity index (χ2n) is 10.3. The average Bonchev–Trinajstić information content (AvgIpc) is 3.59. The van der Waals surface area contributed by atoms with Crippen LogP contribution in [0.4, 0.5) is 14.5 Å². The summed E-state index contributed by atoms with van der Waals surface area (Å²) >= 11 is 0. The molecule has 0 spiro atoms. The van der Waals surface area contributed by atoms with Gasteiger partial charge in [0.25, 0.3) is 5.91 Å². The van der Waals surface area contributed by atoms with Gasteiger partial charge in [-0.05, 0) is 50.5 Å². The molecule has 0 radical (unpaired) electrons. The van der Waals surface area contributed by atoms with Crippen molar-refractivity contribution in [2.24, 2.45) is 7.05 Å². The average molecular weight is 603 g/mol. The van der Waals surface area contributed by atoms with Crippen LogP contribution in [0.3, 0.4) is 0 Å². The van der Waals surface area contributed by atoms with E-state index in [9.17, 15) is 13.6 Å². The van der Waals surface area contributed by atoms with Crippen LogP contribution >= 0.6 is 0 Å². The molecule has 0 aliphatic carbocycles. The number of aryl methyl sites for hydroxylation is 1. The van der Waals surface area contributed by atoms with Gasteiger partial charge >= 0.3 is 6.61 Å². The lowest BCUT2D eigenvalue weighted by Gasteiger charge is -2.24. The van der Waals surface area contributed by atoms with Crippen LogP contribution in [0.25, 0.3) is 22.6 Å². The van der Waals surface area contributed by atoms with Crippen molar-refractivity contribution in [3.05, 3.63) is 91.0 Å². The van der Waals surface area contributed by atoms with Gasteiger partial charge in [-0.15, -0.1) is 0 Å². The normalized spacial score (nSPS) is 11.3. The molecule has 228 valence electrons. The third-order valence-electron chi connectivity index (χ3n) is 6.77. The summed E-state index contributed by atoms with van der Waals surface area (Å²) in [5.41, 5.74) is 2.96. The minimum Gasteiger partial charge on any atom is -0.457 e. The number of carbonyl (C=O) groups is 1. The Hall–Kier alpha value is -5.30. The van der Waals surface area contributed by atoms with Gasteiger partial charge < -0.3 is 24.6 Å². The number of ether oxygens (including phenoxy) is 2. The second-order valence-corrected chi connectivity index (χ2v) is 10.3. The van der Waals surface area contributed by atoms with E-state index >= 15 is 0 Å². The van der Waals surface area contributed by atoms with Crippen molar-refractivity contribution in [2.45, 2.75) is 6.61 Å². The molecule has 0 unspecified atom stereocenters. The van der Waals surface area contributed by atoms with Gasteiger partial charge in [-0.3, -0.25) is 9.48 Å². The minimum absolute atomic E-state index is 0.135. The number of aromatic nitrogens is 5. The Balaban J connectivity index is 1.44. The van der Waals surface area contributed by atoms with Crippen LogP contribution in [0.5, 0.6) is 17.2 Å². The lowest BCUT2D eigenvalue weighted by molar-refractivity contribution is -0.0494. The number of amides is 1. The summed E-state index contributed by atoms with van der Waals surface area (Å²) in [4.78, 5) is 21.6. The first kappa shape index (κ1) is 30.2. The Morgan fingerprint density at radius 3 is 2.66 bits per heavy atom. The zero-order chi connectivity index (χ0) is 31.4. The lowest BCUT2D eigenvalue weighted by atomic mass is 10.1. The predicted molar refractivity (Wildman–Crippen MR) is 163 cm³/mol. The third kappa shape index (κ3) is 6.84. The molecule has 0 saturated carbocycles. The van der Waals surface area contributed by atoms with E-state index in [1.807, 2.05) is 39.3 Å². The Bertz CT molecular complexity index is 1800. The van der Waals surface area contributed by atoms with Crippen molar-refractivity contribution >= 4 is 22.9 Å². The number of hydrogen-bond donors (Lipinski definition) is 1. The van der Waals surface area contributed by atoms with E-state index < -0.39 is 12.5 Å². The molecule has 44 heavy (non-hydrogen) atoms. The maximum atomic E-state index is 13.4. The fourth-order valence-electron chi connectivity index (χ4n) is 4.49. The lowest BCUT2D eigenvalue weighted by Crippen LogP contribution is -2.27. The number of hydrogen-bond acceptors (Lipinski definition) is 8. The number of fused-ring (bicyclic) bond motifs is 1. The molecule has 0 saturated heterocycles. The van der Waals surface area contributed by atoms with Gasteiger partial charge in [-0.2, -0.15) is 19.0 Å². The Morgan fingerprint density at radius 2 is 1.89 bits per heavy atom. The Morgan fingerprint density at radius 1 is 1.09 bits per heavy atom. The highest BCUT2D eigenvalue weighted by molar-refractivity contribution is 6.09. The highest BCUT2D eigenvalue weighted by atomic mass is 19.3. The molecule has 0 fully saturated rings. The largest absolute Gasteiger partial charge is 0.457 e. The molecule has 1 N–H and O–H groups in total. The number of likely N-dealkylation sites (N-methyl/N-ethyl adjacent to an activating group) is 2. The monoisotopic (exact) mass is 602 g/mol. The smallest absolute Gasteiger partial charge is 0.387 e. The summed E-state index contributed by atoms with van der Waals surface area (Å²) in [7, 11) is 7.65. The van der Waals surface area contributed by atoms with Crippen LogP contribution in [0.15, 0.2) is 79.9 Å². The Kier molecular flexibility index (Phi) is 8.86. The molecule has 5 aromatic rings. The number of nitrogens with zero attached hydrogens (tertiary/aromatic N) is 7. The summed E-state index contributed by atoms with van der Waals surface area (Å²) in [5.74, 6) is 0.237. The fourth-order valence-corrected chi connectivity index (χ4v) is 4.49. The van der Waals surface area contributed by atoms with Gasteiger partial charge in [0.15, 0.2) is 5.65 Å². The number of rotatable bonds is 12. The van der Waals surface area contributed by atoms with Gasteiger partial charge in [-0.1, -0.05) is 18.7 Å². The van der Waals surface area contributed by atoms with Crippen molar-refractivity contribution in [3.8, 4) is 28.5 Å². The standard InChI is InChI=1S/C31H32F2N8O3/c1-20(39(4)15-14-38(2)3)21-8-6-9-22(16-21)43-23-10-11-27(44-31(32)33)24(17-23)28-26(19-40(5)37-28)36-30(42)25-18-35-41-13-7-12-34-29(25)41/h6-13,16-19,31H,1,14-15H2,2-5H3,(H,36,42). The van der Waals surface area contributed by atoms with Gasteiger partial charge in [0.2, 0.25) is 0 Å². The zero-order valence-electron chi connectivity index (χ0n) is 24.7. The number of halogens is 2. The predicted octanol–water partition coefficient (Wildman–Crippen LogP) is 5.24. The SMILES string of the molecule is C=C(c1cccc(Oc2ccc(OC(F)F)c(-c3nn(C)cc3NC(=O)c3cnn4cccnc34)c2)c1)N(C)CCN(C)C. The molecule has 13 heteroatoms. The Labute approximate surface area is 252 Å². The molecule has 3 heterocycles. The van der Waals surface area contributed by atoms with E-state index in [1.165, 1.54) is 33.6 Å². The van der Waals surface area contributed by atoms with Crippen LogP contribution in [0.2, 0.25) is 0 Å². The van der Waals surface area contributed by atoms with Crippen molar-refractivity contribution in [3.63, 3.8) is 0 Å². The van der Waals surface area contributed by atoms with Gasteiger partial charge in [0, 0.05) is 57.0 Å². The van der Waals surface area contributed by atoms with E-state index in [0.717, 1.165) is 24.4 Å². The summed E-state index contributed by atoms with van der Waals surface area (Å²) in [5, 5.41) is 11.4. The topological polar surface area (TPSA) is 102 Å². The van der Waals surface area contributed by atoms with E-state index in [0.29, 0.717) is 17.1 Å². The molecule has 1 amide bonds. The van der Waals surface area contributed by atoms with Gasteiger partial charge in [-0.25, -0.2) is 9.50 Å². The van der Waals surface area contributed by atoms with Gasteiger partial charge in [0.05, 0.1) is 17.4 Å². The highest BCUT2D eigenvalue weighted by Crippen LogP contribution is 2.39. The van der Waals surface area contributed by atoms with E-state index in [4.69, 9.17) is 9.47 Å². The number of benzene rings is 2. The molecule has 0 bridgehead atoms. The summed E-state index contributed by atoms with van der Waals surface area (Å²) in [6.45, 7) is 2.80. The number of carbonyl (C=O) groups excluding carboxylic acids is 1. The number of nitrogens with one attached hydrogen (secondary N) is 1. The molecule has 5 rings (SSSR count). The van der Waals surface area contributed by atoms with Gasteiger partial charge in [0.1, 0.15) is 28.5 Å². The van der Waals surface area contributed by atoms with Crippen LogP contribution in [0, 0.1) is 0 Å². The maximum absolute atomic E-state index is 13.4. The molecular weight excluding hydrogens is 570 g/mol. The van der Waals surface area contributed by atoms with E-state index in [-0.39, 0.29) is 28.3 Å². The van der Waals surface area contributed by atoms with Crippen LogP contribution in [-0.2, 0) is 7.05 Å². The number of anilines is 1. The summed E-state index contributed by atoms with van der Waals surface area (Å²) in [6.07, 6.45) is 6.19. The highest BCUT2D eigenvalue weighted by Gasteiger charge is 2.22. The van der Waals surface area contributed by atoms with Crippen molar-refractivity contribution in [1.82, 2.24) is 34.2 Å². The first-order valence-corrected chi connectivity index (χ1v) is 13.6. The van der Waals surface area contributed by atoms with Crippen molar-refractivity contribution < 1.29 is 23.0 Å². The quantitative estimate of drug-likeness (QED) is 0.207. The van der Waals surface area contributed by atoms with Crippen LogP contribution in [-0.4, -0.2) is 80.9 Å². The fraction of sp³-hybridized carbons (Fsp3) is 0.226. The van der Waals surface area contributed by atoms with Crippen LogP contribution in [0.1, 0.15) is 15.9 Å². The molecule has 0 atom stereocenters. The first-order valence-electron chi connectivity index (χ1n) is 13.6.